The number of carbonyl (C=O) groups is 1. The molecule has 1 fully saturated rings. The lowest BCUT2D eigenvalue weighted by atomic mass is 9.98. The van der Waals surface area contributed by atoms with E-state index in [1.165, 1.54) is 6.07 Å². The standard InChI is InChI=1S/C28H23BrFN3O3/c29-21-14-26-20(13-22(21)30)12-19-11-18(8-9-25(19)36-26)27-31-15-23(32-27)24-7-4-10-33(24)28(34)35-16-17-5-2-1-3-6-17/h1-3,5-6,8-9,11,13-15,24H,4,7,10,12,16H2,(H,31,32)/t24-/m0/s1. The Morgan fingerprint density at radius 1 is 1.14 bits per heavy atom. The van der Waals surface area contributed by atoms with E-state index >= 15 is 0 Å². The van der Waals surface area contributed by atoms with Crippen LogP contribution >= 0.6 is 15.9 Å². The quantitative estimate of drug-likeness (QED) is 0.259. The predicted molar refractivity (Wildman–Crippen MR) is 136 cm³/mol. The van der Waals surface area contributed by atoms with Gasteiger partial charge in [-0.05, 0) is 64.7 Å². The molecule has 2 aliphatic rings. The third-order valence-corrected chi connectivity index (χ3v) is 7.29. The van der Waals surface area contributed by atoms with Gasteiger partial charge in [0.05, 0.1) is 22.4 Å². The molecule has 3 aromatic carbocycles. The summed E-state index contributed by atoms with van der Waals surface area (Å²) in [6.45, 7) is 0.896. The maximum absolute atomic E-state index is 14.0. The van der Waals surface area contributed by atoms with E-state index < -0.39 is 0 Å². The molecule has 0 spiro atoms. The SMILES string of the molecule is O=C(OCc1ccccc1)N1CCC[C@H]1c1cnc(-c2ccc3c(c2)Cc2cc(F)c(Br)cc2O3)[nH]1. The molecule has 2 aliphatic heterocycles. The molecule has 1 amide bonds. The molecule has 6 rings (SSSR count). The molecule has 6 nitrogen and oxygen atoms in total. The van der Waals surface area contributed by atoms with E-state index in [1.807, 2.05) is 48.5 Å². The van der Waals surface area contributed by atoms with Crippen molar-refractivity contribution in [3.63, 3.8) is 0 Å². The minimum absolute atomic E-state index is 0.108. The van der Waals surface area contributed by atoms with Crippen LogP contribution in [0.25, 0.3) is 11.4 Å². The minimum Gasteiger partial charge on any atom is -0.457 e. The maximum atomic E-state index is 14.0. The number of aromatic amines is 1. The fourth-order valence-corrected chi connectivity index (χ4v) is 5.18. The van der Waals surface area contributed by atoms with Gasteiger partial charge >= 0.3 is 6.09 Å². The fourth-order valence-electron chi connectivity index (χ4n) is 4.85. The van der Waals surface area contributed by atoms with Crippen molar-refractivity contribution >= 4 is 22.0 Å². The number of hydrogen-bond acceptors (Lipinski definition) is 4. The van der Waals surface area contributed by atoms with E-state index in [4.69, 9.17) is 9.47 Å². The zero-order chi connectivity index (χ0) is 24.6. The summed E-state index contributed by atoms with van der Waals surface area (Å²) in [5.74, 6) is 1.81. The normalized spacial score (nSPS) is 16.3. The average Bonchev–Trinajstić information content (AvgIpc) is 3.57. The van der Waals surface area contributed by atoms with Crippen LogP contribution in [0.15, 0.2) is 71.3 Å². The number of nitrogens with one attached hydrogen (secondary N) is 1. The van der Waals surface area contributed by atoms with Gasteiger partial charge in [0.2, 0.25) is 0 Å². The summed E-state index contributed by atoms with van der Waals surface area (Å²) in [4.78, 5) is 22.6. The molecule has 1 aromatic heterocycles. The summed E-state index contributed by atoms with van der Waals surface area (Å²) >= 11 is 3.22. The van der Waals surface area contributed by atoms with E-state index in [0.29, 0.717) is 29.0 Å². The summed E-state index contributed by atoms with van der Waals surface area (Å²) in [5.41, 5.74) is 4.51. The summed E-state index contributed by atoms with van der Waals surface area (Å²) in [5, 5.41) is 0. The highest BCUT2D eigenvalue weighted by Gasteiger charge is 2.32. The highest BCUT2D eigenvalue weighted by molar-refractivity contribution is 9.10. The number of fused-ring (bicyclic) bond motifs is 2. The number of ether oxygens (including phenoxy) is 2. The van der Waals surface area contributed by atoms with E-state index in [2.05, 4.69) is 25.9 Å². The van der Waals surface area contributed by atoms with Crippen molar-refractivity contribution in [3.8, 4) is 22.9 Å². The molecule has 0 unspecified atom stereocenters. The van der Waals surface area contributed by atoms with E-state index in [-0.39, 0.29) is 24.6 Å². The largest absolute Gasteiger partial charge is 0.457 e. The lowest BCUT2D eigenvalue weighted by molar-refractivity contribution is 0.0915. The van der Waals surface area contributed by atoms with Gasteiger partial charge in [-0.3, -0.25) is 4.90 Å². The smallest absolute Gasteiger partial charge is 0.410 e. The van der Waals surface area contributed by atoms with Gasteiger partial charge in [-0.25, -0.2) is 14.2 Å². The van der Waals surface area contributed by atoms with Crippen LogP contribution in [0.1, 0.15) is 41.3 Å². The highest BCUT2D eigenvalue weighted by atomic mass is 79.9. The van der Waals surface area contributed by atoms with Crippen molar-refractivity contribution in [2.75, 3.05) is 6.54 Å². The van der Waals surface area contributed by atoms with E-state index in [9.17, 15) is 9.18 Å². The van der Waals surface area contributed by atoms with Gasteiger partial charge in [0.25, 0.3) is 0 Å². The lowest BCUT2D eigenvalue weighted by Crippen LogP contribution is -2.31. The number of hydrogen-bond donors (Lipinski definition) is 1. The number of amides is 1. The molecule has 36 heavy (non-hydrogen) atoms. The monoisotopic (exact) mass is 547 g/mol. The summed E-state index contributed by atoms with van der Waals surface area (Å²) in [7, 11) is 0. The van der Waals surface area contributed by atoms with Crippen LogP contribution in [0.2, 0.25) is 0 Å². The fraction of sp³-hybridized carbons (Fsp3) is 0.214. The highest BCUT2D eigenvalue weighted by Crippen LogP contribution is 2.40. The first kappa shape index (κ1) is 22.8. The minimum atomic E-state index is -0.319. The number of nitrogens with zero attached hydrogens (tertiary/aromatic N) is 2. The second-order valence-electron chi connectivity index (χ2n) is 9.05. The molecule has 4 aromatic rings. The lowest BCUT2D eigenvalue weighted by Gasteiger charge is -2.23. The molecule has 182 valence electrons. The van der Waals surface area contributed by atoms with Crippen molar-refractivity contribution in [2.24, 2.45) is 0 Å². The Bertz CT molecular complexity index is 1440. The van der Waals surface area contributed by atoms with Gasteiger partial charge in [-0.2, -0.15) is 0 Å². The zero-order valence-corrected chi connectivity index (χ0v) is 20.9. The van der Waals surface area contributed by atoms with Crippen LogP contribution in [-0.2, 0) is 17.8 Å². The second-order valence-corrected chi connectivity index (χ2v) is 9.91. The Hall–Kier alpha value is -3.65. The Balaban J connectivity index is 1.18. The van der Waals surface area contributed by atoms with Crippen LogP contribution in [0.5, 0.6) is 11.5 Å². The predicted octanol–water partition coefficient (Wildman–Crippen LogP) is 7.15. The van der Waals surface area contributed by atoms with Gasteiger partial charge < -0.3 is 14.5 Å². The van der Waals surface area contributed by atoms with Gasteiger partial charge in [0, 0.05) is 29.7 Å². The number of benzene rings is 3. The van der Waals surface area contributed by atoms with Crippen LogP contribution in [0.3, 0.4) is 0 Å². The first-order valence-corrected chi connectivity index (χ1v) is 12.7. The summed E-state index contributed by atoms with van der Waals surface area (Å²) in [6, 6.07) is 18.6. The number of rotatable bonds is 4. The first-order valence-electron chi connectivity index (χ1n) is 11.9. The summed E-state index contributed by atoms with van der Waals surface area (Å²) in [6.07, 6.45) is 3.79. The Morgan fingerprint density at radius 3 is 2.83 bits per heavy atom. The van der Waals surface area contributed by atoms with Gasteiger partial charge in [-0.15, -0.1) is 0 Å². The van der Waals surface area contributed by atoms with E-state index in [1.54, 1.807) is 17.2 Å². The van der Waals surface area contributed by atoms with Crippen molar-refractivity contribution in [2.45, 2.75) is 31.9 Å². The number of halogens is 2. The Morgan fingerprint density at radius 2 is 1.97 bits per heavy atom. The zero-order valence-electron chi connectivity index (χ0n) is 19.3. The number of carbonyl (C=O) groups excluding carboxylic acids is 1. The van der Waals surface area contributed by atoms with Crippen LogP contribution < -0.4 is 4.74 Å². The number of likely N-dealkylation sites (tertiary alicyclic amines) is 1. The van der Waals surface area contributed by atoms with Crippen LogP contribution in [0, 0.1) is 5.82 Å². The molecule has 0 saturated carbocycles. The van der Waals surface area contributed by atoms with Crippen LogP contribution in [0.4, 0.5) is 9.18 Å². The number of imidazole rings is 1. The molecular weight excluding hydrogens is 525 g/mol. The van der Waals surface area contributed by atoms with Crippen molar-refractivity contribution < 1.29 is 18.7 Å². The molecule has 1 saturated heterocycles. The van der Waals surface area contributed by atoms with Crippen molar-refractivity contribution in [3.05, 3.63) is 99.5 Å². The number of H-pyrrole nitrogens is 1. The molecule has 0 radical (unpaired) electrons. The topological polar surface area (TPSA) is 67.4 Å². The average molecular weight is 548 g/mol. The van der Waals surface area contributed by atoms with Gasteiger partial charge in [-0.1, -0.05) is 30.3 Å². The molecule has 0 bridgehead atoms. The second kappa shape index (κ2) is 9.43. The molecule has 1 N–H and O–H groups in total. The van der Waals surface area contributed by atoms with Gasteiger partial charge in [0.1, 0.15) is 29.7 Å². The third kappa shape index (κ3) is 4.37. The molecular formula is C28H23BrFN3O3. The molecule has 3 heterocycles. The molecule has 8 heteroatoms. The van der Waals surface area contributed by atoms with Crippen molar-refractivity contribution in [1.29, 1.82) is 0 Å². The first-order chi connectivity index (χ1) is 17.5. The Labute approximate surface area is 216 Å². The van der Waals surface area contributed by atoms with E-state index in [0.717, 1.165) is 46.5 Å². The van der Waals surface area contributed by atoms with Crippen LogP contribution in [-0.4, -0.2) is 27.5 Å². The third-order valence-electron chi connectivity index (χ3n) is 6.69. The molecule has 1 atom stereocenters. The molecule has 0 aliphatic carbocycles. The summed E-state index contributed by atoms with van der Waals surface area (Å²) < 4.78 is 26.0. The Kier molecular flexibility index (Phi) is 5.97. The maximum Gasteiger partial charge on any atom is 0.410 e. The van der Waals surface area contributed by atoms with Gasteiger partial charge in [0.15, 0.2) is 0 Å². The van der Waals surface area contributed by atoms with Crippen molar-refractivity contribution in [1.82, 2.24) is 14.9 Å². The number of aromatic nitrogens is 2.